The zero-order valence-electron chi connectivity index (χ0n) is 16.6. The van der Waals surface area contributed by atoms with E-state index in [9.17, 15) is 0 Å². The molecule has 4 aromatic rings. The van der Waals surface area contributed by atoms with Crippen LogP contribution in [0.15, 0.2) is 71.8 Å². The first-order valence-electron chi connectivity index (χ1n) is 10.1. The van der Waals surface area contributed by atoms with Gasteiger partial charge in [0.05, 0.1) is 17.9 Å². The molecule has 2 heterocycles. The van der Waals surface area contributed by atoms with Crippen molar-refractivity contribution in [2.24, 2.45) is 5.10 Å². The van der Waals surface area contributed by atoms with E-state index in [1.54, 1.807) is 0 Å². The Bertz CT molecular complexity index is 1200. The summed E-state index contributed by atoms with van der Waals surface area (Å²) in [7, 11) is 0. The minimum absolute atomic E-state index is 0.361. The predicted octanol–water partition coefficient (Wildman–Crippen LogP) is 6.16. The summed E-state index contributed by atoms with van der Waals surface area (Å²) in [5.41, 5.74) is 6.33. The highest BCUT2D eigenvalue weighted by molar-refractivity contribution is 6.09. The van der Waals surface area contributed by atoms with Gasteiger partial charge in [0.25, 0.3) is 0 Å². The molecule has 1 aliphatic heterocycles. The summed E-state index contributed by atoms with van der Waals surface area (Å²) in [4.78, 5) is 0. The van der Waals surface area contributed by atoms with Gasteiger partial charge in [-0.15, -0.1) is 0 Å². The number of aromatic nitrogens is 1. The Kier molecular flexibility index (Phi) is 3.97. The van der Waals surface area contributed by atoms with Crippen molar-refractivity contribution in [3.05, 3.63) is 77.9 Å². The van der Waals surface area contributed by atoms with Crippen LogP contribution in [0.4, 0.5) is 5.69 Å². The summed E-state index contributed by atoms with van der Waals surface area (Å²) >= 11 is 0. The Balaban J connectivity index is 1.57. The third-order valence-electron chi connectivity index (χ3n) is 6.23. The van der Waals surface area contributed by atoms with E-state index in [0.29, 0.717) is 12.0 Å². The van der Waals surface area contributed by atoms with Gasteiger partial charge in [0.2, 0.25) is 0 Å². The van der Waals surface area contributed by atoms with Crippen molar-refractivity contribution in [2.75, 3.05) is 5.01 Å². The van der Waals surface area contributed by atoms with E-state index >= 15 is 0 Å². The van der Waals surface area contributed by atoms with Crippen LogP contribution < -0.4 is 5.01 Å². The standard InChI is InChI=1S/C25H25N3/c1-4-27-23-11-7-6-10-21(23)22-15-19(13-14-24(22)27)16-26-28-18(3)17(2)20-9-5-8-12-25(20)28/h5-18H,4H2,1-3H3. The normalized spacial score (nSPS) is 19.2. The second-order valence-corrected chi connectivity index (χ2v) is 7.72. The molecule has 2 unspecified atom stereocenters. The molecule has 0 aliphatic carbocycles. The molecule has 0 spiro atoms. The Labute approximate surface area is 165 Å². The summed E-state index contributed by atoms with van der Waals surface area (Å²) in [6.07, 6.45) is 2.00. The highest BCUT2D eigenvalue weighted by Gasteiger charge is 2.32. The topological polar surface area (TPSA) is 20.5 Å². The van der Waals surface area contributed by atoms with E-state index in [1.165, 1.54) is 33.1 Å². The van der Waals surface area contributed by atoms with E-state index in [2.05, 4.69) is 97.1 Å². The molecule has 1 aliphatic rings. The monoisotopic (exact) mass is 367 g/mol. The van der Waals surface area contributed by atoms with Gasteiger partial charge in [0, 0.05) is 34.3 Å². The number of anilines is 1. The first kappa shape index (κ1) is 17.1. The van der Waals surface area contributed by atoms with Crippen molar-refractivity contribution >= 4 is 33.7 Å². The lowest BCUT2D eigenvalue weighted by molar-refractivity contribution is 0.607. The molecule has 140 valence electrons. The summed E-state index contributed by atoms with van der Waals surface area (Å²) in [6, 6.07) is 24.3. The van der Waals surface area contributed by atoms with Crippen LogP contribution >= 0.6 is 0 Å². The minimum Gasteiger partial charge on any atom is -0.341 e. The van der Waals surface area contributed by atoms with Crippen LogP contribution in [0.3, 0.4) is 0 Å². The summed E-state index contributed by atoms with van der Waals surface area (Å²) in [5.74, 6) is 0.485. The lowest BCUT2D eigenvalue weighted by Gasteiger charge is -2.20. The van der Waals surface area contributed by atoms with Crippen molar-refractivity contribution in [3.8, 4) is 0 Å². The van der Waals surface area contributed by atoms with E-state index in [0.717, 1.165) is 12.1 Å². The smallest absolute Gasteiger partial charge is 0.0632 e. The Hall–Kier alpha value is -3.07. The van der Waals surface area contributed by atoms with Crippen LogP contribution in [-0.4, -0.2) is 16.8 Å². The van der Waals surface area contributed by atoms with Gasteiger partial charge in [0.1, 0.15) is 0 Å². The van der Waals surface area contributed by atoms with Gasteiger partial charge in [-0.3, -0.25) is 5.01 Å². The summed E-state index contributed by atoms with van der Waals surface area (Å²) in [5, 5.41) is 9.65. The fraction of sp³-hybridized carbons (Fsp3) is 0.240. The maximum atomic E-state index is 4.88. The van der Waals surface area contributed by atoms with Gasteiger partial charge in [-0.25, -0.2) is 0 Å². The summed E-state index contributed by atoms with van der Waals surface area (Å²) < 4.78 is 2.38. The highest BCUT2D eigenvalue weighted by atomic mass is 15.5. The molecular formula is C25H25N3. The van der Waals surface area contributed by atoms with E-state index < -0.39 is 0 Å². The van der Waals surface area contributed by atoms with E-state index in [1.807, 2.05) is 6.21 Å². The molecule has 1 aromatic heterocycles. The molecule has 3 nitrogen and oxygen atoms in total. The van der Waals surface area contributed by atoms with Gasteiger partial charge in [-0.1, -0.05) is 49.4 Å². The number of benzene rings is 3. The Morgan fingerprint density at radius 1 is 0.893 bits per heavy atom. The van der Waals surface area contributed by atoms with Crippen LogP contribution in [0.2, 0.25) is 0 Å². The molecule has 0 bridgehead atoms. The SMILES string of the molecule is CCn1c2ccccc2c2cc(C=NN3c4ccccc4C(C)C3C)ccc21. The second-order valence-electron chi connectivity index (χ2n) is 7.72. The molecule has 0 saturated heterocycles. The molecule has 2 atom stereocenters. The number of hydrogen-bond acceptors (Lipinski definition) is 2. The molecule has 0 amide bonds. The molecule has 0 fully saturated rings. The van der Waals surface area contributed by atoms with Crippen LogP contribution in [0, 0.1) is 0 Å². The van der Waals surface area contributed by atoms with E-state index in [4.69, 9.17) is 5.10 Å². The van der Waals surface area contributed by atoms with Gasteiger partial charge in [-0.2, -0.15) is 5.10 Å². The number of para-hydroxylation sites is 2. The maximum Gasteiger partial charge on any atom is 0.0632 e. The first-order valence-corrected chi connectivity index (χ1v) is 10.1. The zero-order valence-corrected chi connectivity index (χ0v) is 16.6. The van der Waals surface area contributed by atoms with Crippen LogP contribution in [0.25, 0.3) is 21.8 Å². The number of rotatable bonds is 3. The number of nitrogens with zero attached hydrogens (tertiary/aromatic N) is 3. The quantitative estimate of drug-likeness (QED) is 0.397. The summed E-state index contributed by atoms with van der Waals surface area (Å²) in [6.45, 7) is 7.71. The van der Waals surface area contributed by atoms with Crippen molar-refractivity contribution in [1.82, 2.24) is 4.57 Å². The van der Waals surface area contributed by atoms with Crippen molar-refractivity contribution < 1.29 is 0 Å². The van der Waals surface area contributed by atoms with Crippen LogP contribution in [0.5, 0.6) is 0 Å². The molecule has 3 aromatic carbocycles. The molecule has 0 N–H and O–H groups in total. The molecule has 0 radical (unpaired) electrons. The van der Waals surface area contributed by atoms with E-state index in [-0.39, 0.29) is 0 Å². The van der Waals surface area contributed by atoms with Gasteiger partial charge < -0.3 is 4.57 Å². The van der Waals surface area contributed by atoms with Gasteiger partial charge in [-0.05, 0) is 49.2 Å². The number of hydrogen-bond donors (Lipinski definition) is 0. The molecule has 0 saturated carbocycles. The zero-order chi connectivity index (χ0) is 19.3. The lowest BCUT2D eigenvalue weighted by atomic mass is 9.99. The predicted molar refractivity (Wildman–Crippen MR) is 120 cm³/mol. The Morgan fingerprint density at radius 2 is 1.64 bits per heavy atom. The molecule has 28 heavy (non-hydrogen) atoms. The number of aryl methyl sites for hydroxylation is 1. The highest BCUT2D eigenvalue weighted by Crippen LogP contribution is 2.40. The van der Waals surface area contributed by atoms with Gasteiger partial charge in [0.15, 0.2) is 0 Å². The second kappa shape index (κ2) is 6.52. The number of hydrazone groups is 1. The fourth-order valence-corrected chi connectivity index (χ4v) is 4.56. The average molecular weight is 367 g/mol. The first-order chi connectivity index (χ1) is 13.7. The average Bonchev–Trinajstić information content (AvgIpc) is 3.18. The molecule has 5 rings (SSSR count). The van der Waals surface area contributed by atoms with Crippen LogP contribution in [-0.2, 0) is 6.54 Å². The van der Waals surface area contributed by atoms with Crippen molar-refractivity contribution in [2.45, 2.75) is 39.3 Å². The third-order valence-corrected chi connectivity index (χ3v) is 6.23. The lowest BCUT2D eigenvalue weighted by Crippen LogP contribution is -2.25. The number of fused-ring (bicyclic) bond motifs is 4. The molecule has 3 heteroatoms. The maximum absolute atomic E-state index is 4.88. The Morgan fingerprint density at radius 3 is 2.50 bits per heavy atom. The van der Waals surface area contributed by atoms with Gasteiger partial charge >= 0.3 is 0 Å². The minimum atomic E-state index is 0.361. The largest absolute Gasteiger partial charge is 0.341 e. The van der Waals surface area contributed by atoms with Crippen molar-refractivity contribution in [3.63, 3.8) is 0 Å². The molecular weight excluding hydrogens is 342 g/mol. The van der Waals surface area contributed by atoms with Crippen molar-refractivity contribution in [1.29, 1.82) is 0 Å². The van der Waals surface area contributed by atoms with Crippen LogP contribution in [0.1, 0.15) is 37.8 Å². The third kappa shape index (κ3) is 2.46. The fourth-order valence-electron chi connectivity index (χ4n) is 4.56.